The van der Waals surface area contributed by atoms with E-state index in [-0.39, 0.29) is 12.0 Å². The predicted octanol–water partition coefficient (Wildman–Crippen LogP) is 4.18. The van der Waals surface area contributed by atoms with Crippen LogP contribution < -0.4 is 10.6 Å². The number of aryl methyl sites for hydroxylation is 1. The summed E-state index contributed by atoms with van der Waals surface area (Å²) in [6, 6.07) is 8.14. The van der Waals surface area contributed by atoms with Gasteiger partial charge in [-0.1, -0.05) is 31.0 Å². The molecule has 1 aliphatic rings. The van der Waals surface area contributed by atoms with Gasteiger partial charge < -0.3 is 20.4 Å². The van der Waals surface area contributed by atoms with Gasteiger partial charge in [0.15, 0.2) is 0 Å². The smallest absolute Gasteiger partial charge is 0.323 e. The summed E-state index contributed by atoms with van der Waals surface area (Å²) in [5.41, 5.74) is 6.03. The zero-order valence-electron chi connectivity index (χ0n) is 19.5. The molecule has 7 nitrogen and oxygen atoms in total. The van der Waals surface area contributed by atoms with Gasteiger partial charge in [0, 0.05) is 41.6 Å². The van der Waals surface area contributed by atoms with Crippen LogP contribution in [0.5, 0.6) is 0 Å². The van der Waals surface area contributed by atoms with E-state index in [9.17, 15) is 4.79 Å². The van der Waals surface area contributed by atoms with E-state index < -0.39 is 0 Å². The van der Waals surface area contributed by atoms with Gasteiger partial charge in [0.2, 0.25) is 0 Å². The normalized spacial score (nSPS) is 14.1. The number of carbonyl (C=O) groups is 1. The van der Waals surface area contributed by atoms with E-state index in [0.717, 1.165) is 62.8 Å². The summed E-state index contributed by atoms with van der Waals surface area (Å²) in [4.78, 5) is 24.0. The molecule has 0 aliphatic heterocycles. The quantitative estimate of drug-likeness (QED) is 0.284. The summed E-state index contributed by atoms with van der Waals surface area (Å²) in [6.07, 6.45) is 13.1. The zero-order chi connectivity index (χ0) is 22.9. The van der Waals surface area contributed by atoms with Crippen molar-refractivity contribution in [2.24, 2.45) is 0 Å². The first-order valence-electron chi connectivity index (χ1n) is 12.2. The molecule has 0 unspecified atom stereocenters. The molecule has 0 amide bonds. The Hall–Kier alpha value is -2.93. The average molecular weight is 450 g/mol. The molecule has 0 bridgehead atoms. The molecule has 2 heterocycles. The van der Waals surface area contributed by atoms with Gasteiger partial charge in [-0.2, -0.15) is 0 Å². The molecule has 1 atom stereocenters. The Morgan fingerprint density at radius 2 is 1.94 bits per heavy atom. The Labute approximate surface area is 195 Å². The third-order valence-corrected chi connectivity index (χ3v) is 6.43. The minimum Gasteiger partial charge on any atom is -0.468 e. The Kier molecular flexibility index (Phi) is 8.30. The van der Waals surface area contributed by atoms with Crippen LogP contribution in [0.4, 0.5) is 5.69 Å². The number of fused-ring (bicyclic) bond motifs is 2. The van der Waals surface area contributed by atoms with Crippen molar-refractivity contribution in [2.75, 3.05) is 25.5 Å². The standard InChI is InChI=1S/C26H35N5O2/c1-33-26(32)24(16-19-17-27-18-30-19)28-14-8-2-3-9-15-29-25-20-10-4-6-12-22(20)31-23-13-7-5-11-21(23)25/h4,6,10,12,17-18,24,28H,2-3,5,7-9,11,13-16H2,1H3,(H,27,30)(H,29,31)/t24-/m0/s1. The molecule has 0 saturated carbocycles. The van der Waals surface area contributed by atoms with E-state index in [1.807, 2.05) is 0 Å². The Morgan fingerprint density at radius 1 is 1.12 bits per heavy atom. The molecule has 3 aromatic rings. The number of imidazole rings is 1. The fourth-order valence-electron chi connectivity index (χ4n) is 4.67. The van der Waals surface area contributed by atoms with Crippen molar-refractivity contribution in [1.29, 1.82) is 0 Å². The molecular formula is C26H35N5O2. The topological polar surface area (TPSA) is 91.9 Å². The summed E-state index contributed by atoms with van der Waals surface area (Å²) < 4.78 is 4.93. The number of pyridine rings is 1. The van der Waals surface area contributed by atoms with Gasteiger partial charge >= 0.3 is 5.97 Å². The van der Waals surface area contributed by atoms with E-state index in [1.54, 1.807) is 12.5 Å². The van der Waals surface area contributed by atoms with Crippen molar-refractivity contribution in [3.63, 3.8) is 0 Å². The maximum absolute atomic E-state index is 12.0. The third-order valence-electron chi connectivity index (χ3n) is 6.43. The van der Waals surface area contributed by atoms with Gasteiger partial charge in [0.25, 0.3) is 0 Å². The number of benzene rings is 1. The van der Waals surface area contributed by atoms with Crippen LogP contribution in [0.3, 0.4) is 0 Å². The Morgan fingerprint density at radius 3 is 2.76 bits per heavy atom. The second-order valence-electron chi connectivity index (χ2n) is 8.79. The van der Waals surface area contributed by atoms with Crippen molar-refractivity contribution in [2.45, 2.75) is 63.8 Å². The van der Waals surface area contributed by atoms with Crippen LogP contribution in [0.25, 0.3) is 10.9 Å². The second kappa shape index (κ2) is 11.8. The Balaban J connectivity index is 1.20. The van der Waals surface area contributed by atoms with E-state index in [0.29, 0.717) is 6.42 Å². The van der Waals surface area contributed by atoms with Crippen LogP contribution >= 0.6 is 0 Å². The number of methoxy groups -OCH3 is 1. The lowest BCUT2D eigenvalue weighted by atomic mass is 9.92. The summed E-state index contributed by atoms with van der Waals surface area (Å²) in [7, 11) is 1.43. The van der Waals surface area contributed by atoms with Crippen LogP contribution in [0.15, 0.2) is 36.8 Å². The number of esters is 1. The molecule has 0 radical (unpaired) electrons. The highest BCUT2D eigenvalue weighted by Gasteiger charge is 2.20. The maximum atomic E-state index is 12.0. The zero-order valence-corrected chi connectivity index (χ0v) is 19.5. The van der Waals surface area contributed by atoms with Crippen molar-refractivity contribution in [3.05, 3.63) is 53.7 Å². The van der Waals surface area contributed by atoms with Crippen molar-refractivity contribution >= 4 is 22.6 Å². The van der Waals surface area contributed by atoms with Gasteiger partial charge in [-0.3, -0.25) is 9.78 Å². The molecule has 0 fully saturated rings. The van der Waals surface area contributed by atoms with E-state index in [4.69, 9.17) is 9.72 Å². The summed E-state index contributed by atoms with van der Waals surface area (Å²) in [5.74, 6) is -0.235. The molecule has 0 saturated heterocycles. The number of hydrogen-bond donors (Lipinski definition) is 3. The fourth-order valence-corrected chi connectivity index (χ4v) is 4.67. The number of unbranched alkanes of at least 4 members (excludes halogenated alkanes) is 3. The number of anilines is 1. The van der Waals surface area contributed by atoms with Crippen LogP contribution in [0, 0.1) is 0 Å². The number of carbonyl (C=O) groups excluding carboxylic acids is 1. The minimum absolute atomic E-state index is 0.235. The number of aromatic amines is 1. The van der Waals surface area contributed by atoms with E-state index >= 15 is 0 Å². The number of rotatable bonds is 12. The lowest BCUT2D eigenvalue weighted by molar-refractivity contribution is -0.143. The van der Waals surface area contributed by atoms with Crippen LogP contribution in [0.1, 0.15) is 55.5 Å². The largest absolute Gasteiger partial charge is 0.468 e. The van der Waals surface area contributed by atoms with Crippen LogP contribution in [0.2, 0.25) is 0 Å². The SMILES string of the molecule is COC(=O)[C@H](Cc1cnc[nH]1)NCCCCCCNc1c2c(nc3ccccc13)CCCC2. The highest BCUT2D eigenvalue weighted by atomic mass is 16.5. The second-order valence-corrected chi connectivity index (χ2v) is 8.79. The van der Waals surface area contributed by atoms with Crippen LogP contribution in [-0.2, 0) is 28.8 Å². The van der Waals surface area contributed by atoms with E-state index in [1.165, 1.54) is 42.3 Å². The molecule has 176 valence electrons. The third kappa shape index (κ3) is 6.11. The molecule has 3 N–H and O–H groups in total. The Bertz CT molecular complexity index is 1030. The fraction of sp³-hybridized carbons (Fsp3) is 0.500. The van der Waals surface area contributed by atoms with Crippen molar-refractivity contribution in [3.8, 4) is 0 Å². The van der Waals surface area contributed by atoms with Crippen LogP contribution in [-0.4, -0.2) is 47.2 Å². The monoisotopic (exact) mass is 449 g/mol. The lowest BCUT2D eigenvalue weighted by Gasteiger charge is -2.21. The number of nitrogens with zero attached hydrogens (tertiary/aromatic N) is 2. The molecular weight excluding hydrogens is 414 g/mol. The van der Waals surface area contributed by atoms with Gasteiger partial charge in [0.05, 0.1) is 19.0 Å². The first-order valence-corrected chi connectivity index (χ1v) is 12.2. The first-order chi connectivity index (χ1) is 16.3. The first kappa shape index (κ1) is 23.2. The minimum atomic E-state index is -0.344. The number of H-pyrrole nitrogens is 1. The molecule has 7 heteroatoms. The average Bonchev–Trinajstić information content (AvgIpc) is 3.37. The predicted molar refractivity (Wildman–Crippen MR) is 131 cm³/mol. The molecule has 2 aromatic heterocycles. The number of hydrogen-bond acceptors (Lipinski definition) is 6. The number of para-hydroxylation sites is 1. The molecule has 1 aliphatic carbocycles. The van der Waals surface area contributed by atoms with Crippen molar-refractivity contribution < 1.29 is 9.53 Å². The van der Waals surface area contributed by atoms with Gasteiger partial charge in [-0.25, -0.2) is 4.98 Å². The molecule has 4 rings (SSSR count). The lowest BCUT2D eigenvalue weighted by Crippen LogP contribution is -2.40. The maximum Gasteiger partial charge on any atom is 0.323 e. The summed E-state index contributed by atoms with van der Waals surface area (Å²) in [6.45, 7) is 1.77. The number of nitrogens with one attached hydrogen (secondary N) is 3. The van der Waals surface area contributed by atoms with Gasteiger partial charge in [0.1, 0.15) is 6.04 Å². The van der Waals surface area contributed by atoms with E-state index in [2.05, 4.69) is 44.9 Å². The van der Waals surface area contributed by atoms with Crippen molar-refractivity contribution in [1.82, 2.24) is 20.3 Å². The summed E-state index contributed by atoms with van der Waals surface area (Å²) in [5, 5.41) is 8.32. The van der Waals surface area contributed by atoms with Gasteiger partial charge in [-0.05, 0) is 56.7 Å². The highest BCUT2D eigenvalue weighted by Crippen LogP contribution is 2.33. The summed E-state index contributed by atoms with van der Waals surface area (Å²) >= 11 is 0. The highest BCUT2D eigenvalue weighted by molar-refractivity contribution is 5.93. The number of aromatic nitrogens is 3. The molecule has 1 aromatic carbocycles. The number of ether oxygens (including phenoxy) is 1. The van der Waals surface area contributed by atoms with Gasteiger partial charge in [-0.15, -0.1) is 0 Å². The molecule has 33 heavy (non-hydrogen) atoms. The molecule has 0 spiro atoms.